The van der Waals surface area contributed by atoms with Crippen LogP contribution in [0.15, 0.2) is 24.3 Å². The van der Waals surface area contributed by atoms with Gasteiger partial charge in [-0.25, -0.2) is 0 Å². The van der Waals surface area contributed by atoms with Crippen LogP contribution in [0.4, 0.5) is 18.9 Å². The highest BCUT2D eigenvalue weighted by molar-refractivity contribution is 5.81. The van der Waals surface area contributed by atoms with Crippen molar-refractivity contribution < 1.29 is 18.0 Å². The minimum atomic E-state index is -4.31. The second kappa shape index (κ2) is 8.29. The highest BCUT2D eigenvalue weighted by Crippen LogP contribution is 2.31. The largest absolute Gasteiger partial charge is 0.416 e. The molecular weight excluding hydrogens is 343 g/mol. The number of carbonyl (C=O) groups is 1. The SMILES string of the molecule is CC(C)(C)C(=O)NCCCN1CCN(c2cccc(C(F)(F)F)c2)CC1. The first kappa shape index (κ1) is 20.6. The van der Waals surface area contributed by atoms with Gasteiger partial charge in [-0.2, -0.15) is 13.2 Å². The number of carbonyl (C=O) groups excluding carboxylic acids is 1. The van der Waals surface area contributed by atoms with Gasteiger partial charge in [-0.1, -0.05) is 26.8 Å². The third-order valence-corrected chi connectivity index (χ3v) is 4.53. The zero-order chi connectivity index (χ0) is 19.4. The Balaban J connectivity index is 1.75. The van der Waals surface area contributed by atoms with Crippen LogP contribution in [0, 0.1) is 5.41 Å². The molecule has 0 radical (unpaired) electrons. The van der Waals surface area contributed by atoms with E-state index in [0.29, 0.717) is 25.3 Å². The fourth-order valence-corrected chi connectivity index (χ4v) is 2.88. The summed E-state index contributed by atoms with van der Waals surface area (Å²) in [7, 11) is 0. The molecule has 1 aromatic carbocycles. The molecule has 1 amide bonds. The Morgan fingerprint density at radius 2 is 1.77 bits per heavy atom. The van der Waals surface area contributed by atoms with E-state index < -0.39 is 11.7 Å². The maximum atomic E-state index is 12.8. The van der Waals surface area contributed by atoms with Crippen molar-refractivity contribution in [2.24, 2.45) is 5.41 Å². The number of hydrogen-bond acceptors (Lipinski definition) is 3. The predicted octanol–water partition coefficient (Wildman–Crippen LogP) is 3.38. The minimum absolute atomic E-state index is 0.0480. The monoisotopic (exact) mass is 371 g/mol. The number of amides is 1. The van der Waals surface area contributed by atoms with Crippen LogP contribution in [-0.2, 0) is 11.0 Å². The van der Waals surface area contributed by atoms with Crippen molar-refractivity contribution in [2.75, 3.05) is 44.2 Å². The third-order valence-electron chi connectivity index (χ3n) is 4.53. The number of hydrogen-bond donors (Lipinski definition) is 1. The van der Waals surface area contributed by atoms with Crippen molar-refractivity contribution in [1.29, 1.82) is 0 Å². The van der Waals surface area contributed by atoms with Gasteiger partial charge >= 0.3 is 6.18 Å². The number of anilines is 1. The van der Waals surface area contributed by atoms with E-state index in [0.717, 1.165) is 32.1 Å². The van der Waals surface area contributed by atoms with Crippen molar-refractivity contribution in [1.82, 2.24) is 10.2 Å². The fraction of sp³-hybridized carbons (Fsp3) is 0.632. The van der Waals surface area contributed by atoms with Crippen molar-refractivity contribution in [3.8, 4) is 0 Å². The van der Waals surface area contributed by atoms with E-state index in [2.05, 4.69) is 10.2 Å². The van der Waals surface area contributed by atoms with E-state index in [1.165, 1.54) is 12.1 Å². The van der Waals surface area contributed by atoms with Gasteiger partial charge in [-0.05, 0) is 31.2 Å². The molecule has 0 aromatic heterocycles. The first-order valence-electron chi connectivity index (χ1n) is 9.00. The average molecular weight is 371 g/mol. The van der Waals surface area contributed by atoms with Gasteiger partial charge in [0.1, 0.15) is 0 Å². The van der Waals surface area contributed by atoms with Crippen molar-refractivity contribution in [2.45, 2.75) is 33.4 Å². The van der Waals surface area contributed by atoms with Crippen molar-refractivity contribution in [3.63, 3.8) is 0 Å². The smallest absolute Gasteiger partial charge is 0.369 e. The molecule has 1 heterocycles. The number of halogens is 3. The maximum absolute atomic E-state index is 12.8. The van der Waals surface area contributed by atoms with Crippen LogP contribution in [0.25, 0.3) is 0 Å². The van der Waals surface area contributed by atoms with Crippen LogP contribution < -0.4 is 10.2 Å². The molecule has 26 heavy (non-hydrogen) atoms. The number of piperazine rings is 1. The molecule has 0 aliphatic carbocycles. The van der Waals surface area contributed by atoms with E-state index in [1.807, 2.05) is 25.7 Å². The molecule has 0 spiro atoms. The van der Waals surface area contributed by atoms with Gasteiger partial charge in [0.2, 0.25) is 5.91 Å². The molecule has 1 aliphatic rings. The second-order valence-corrected chi connectivity index (χ2v) is 7.74. The predicted molar refractivity (Wildman–Crippen MR) is 97.2 cm³/mol. The molecule has 0 saturated carbocycles. The number of alkyl halides is 3. The zero-order valence-corrected chi connectivity index (χ0v) is 15.7. The lowest BCUT2D eigenvalue weighted by Gasteiger charge is -2.36. The Morgan fingerprint density at radius 3 is 2.35 bits per heavy atom. The first-order valence-corrected chi connectivity index (χ1v) is 9.00. The van der Waals surface area contributed by atoms with Crippen LogP contribution in [0.1, 0.15) is 32.8 Å². The summed E-state index contributed by atoms with van der Waals surface area (Å²) in [5, 5.41) is 2.93. The van der Waals surface area contributed by atoms with E-state index >= 15 is 0 Å². The molecule has 7 heteroatoms. The van der Waals surface area contributed by atoms with Crippen LogP contribution in [0.5, 0.6) is 0 Å². The summed E-state index contributed by atoms with van der Waals surface area (Å²) in [5.74, 6) is 0.0480. The van der Waals surface area contributed by atoms with Crippen LogP contribution in [-0.4, -0.2) is 50.1 Å². The Morgan fingerprint density at radius 1 is 1.12 bits per heavy atom. The summed E-state index contributed by atoms with van der Waals surface area (Å²) in [4.78, 5) is 16.1. The molecule has 4 nitrogen and oxygen atoms in total. The quantitative estimate of drug-likeness (QED) is 0.806. The van der Waals surface area contributed by atoms with Gasteiger partial charge in [0.15, 0.2) is 0 Å². The molecule has 1 fully saturated rings. The zero-order valence-electron chi connectivity index (χ0n) is 15.7. The lowest BCUT2D eigenvalue weighted by Crippen LogP contribution is -2.47. The Labute approximate surface area is 153 Å². The van der Waals surface area contributed by atoms with Gasteiger partial charge in [0, 0.05) is 43.8 Å². The van der Waals surface area contributed by atoms with Crippen LogP contribution in [0.2, 0.25) is 0 Å². The van der Waals surface area contributed by atoms with Crippen LogP contribution in [0.3, 0.4) is 0 Å². The topological polar surface area (TPSA) is 35.6 Å². The standard InChI is InChI=1S/C19H28F3N3O/c1-18(2,3)17(26)23-8-5-9-24-10-12-25(13-11-24)16-7-4-6-15(14-16)19(20,21)22/h4,6-7,14H,5,8-13H2,1-3H3,(H,23,26). The normalized spacial score (nSPS) is 16.6. The Bertz CT molecular complexity index is 603. The average Bonchev–Trinajstić information content (AvgIpc) is 2.57. The molecule has 0 bridgehead atoms. The second-order valence-electron chi connectivity index (χ2n) is 7.74. The molecule has 146 valence electrons. The lowest BCUT2D eigenvalue weighted by atomic mass is 9.96. The summed E-state index contributed by atoms with van der Waals surface area (Å²) in [6, 6.07) is 5.51. The molecule has 1 N–H and O–H groups in total. The van der Waals surface area contributed by atoms with E-state index in [1.54, 1.807) is 6.07 Å². The van der Waals surface area contributed by atoms with Gasteiger partial charge in [0.05, 0.1) is 5.56 Å². The van der Waals surface area contributed by atoms with E-state index in [9.17, 15) is 18.0 Å². The number of rotatable bonds is 5. The summed E-state index contributed by atoms with van der Waals surface area (Å²) in [5.41, 5.74) is -0.361. The number of benzene rings is 1. The number of nitrogens with zero attached hydrogens (tertiary/aromatic N) is 2. The van der Waals surface area contributed by atoms with Gasteiger partial charge in [-0.3, -0.25) is 9.69 Å². The third kappa shape index (κ3) is 5.90. The summed E-state index contributed by atoms with van der Waals surface area (Å²) in [6.07, 6.45) is -3.44. The lowest BCUT2D eigenvalue weighted by molar-refractivity contribution is -0.137. The van der Waals surface area contributed by atoms with E-state index in [-0.39, 0.29) is 11.3 Å². The van der Waals surface area contributed by atoms with Gasteiger partial charge in [-0.15, -0.1) is 0 Å². The summed E-state index contributed by atoms with van der Waals surface area (Å²) in [6.45, 7) is 10.2. The first-order chi connectivity index (χ1) is 12.1. The molecule has 1 aromatic rings. The van der Waals surface area contributed by atoms with Crippen LogP contribution >= 0.6 is 0 Å². The summed E-state index contributed by atoms with van der Waals surface area (Å²) < 4.78 is 38.5. The molecule has 2 rings (SSSR count). The molecular formula is C19H28F3N3O. The Hall–Kier alpha value is -1.76. The fourth-order valence-electron chi connectivity index (χ4n) is 2.88. The highest BCUT2D eigenvalue weighted by atomic mass is 19.4. The van der Waals surface area contributed by atoms with Gasteiger partial charge < -0.3 is 10.2 Å². The molecule has 0 atom stereocenters. The Kier molecular flexibility index (Phi) is 6.55. The van der Waals surface area contributed by atoms with Crippen molar-refractivity contribution >= 4 is 11.6 Å². The van der Waals surface area contributed by atoms with Crippen molar-refractivity contribution in [3.05, 3.63) is 29.8 Å². The molecule has 0 unspecified atom stereocenters. The molecule has 1 aliphatic heterocycles. The molecule has 1 saturated heterocycles. The van der Waals surface area contributed by atoms with Gasteiger partial charge in [0.25, 0.3) is 0 Å². The minimum Gasteiger partial charge on any atom is -0.369 e. The summed E-state index contributed by atoms with van der Waals surface area (Å²) >= 11 is 0. The van der Waals surface area contributed by atoms with E-state index in [4.69, 9.17) is 0 Å². The highest BCUT2D eigenvalue weighted by Gasteiger charge is 2.31. The number of nitrogens with one attached hydrogen (secondary N) is 1. The maximum Gasteiger partial charge on any atom is 0.416 e.